The first-order valence-electron chi connectivity index (χ1n) is 15.3. The number of aromatic nitrogens is 3. The maximum atomic E-state index is 5.35. The molecule has 0 bridgehead atoms. The summed E-state index contributed by atoms with van der Waals surface area (Å²) in [6.45, 7) is 0. The Kier molecular flexibility index (Phi) is 5.44. The molecule has 9 aromatic rings. The molecule has 0 aliphatic heterocycles. The van der Waals surface area contributed by atoms with Crippen LogP contribution < -0.4 is 0 Å². The molecule has 0 saturated carbocycles. The molecule has 0 N–H and O–H groups in total. The fraction of sp³-hybridized carbons (Fsp3) is 0.0500. The van der Waals surface area contributed by atoms with Crippen molar-refractivity contribution in [1.82, 2.24) is 14.5 Å². The van der Waals surface area contributed by atoms with Crippen molar-refractivity contribution in [3.63, 3.8) is 0 Å². The summed E-state index contributed by atoms with van der Waals surface area (Å²) in [5.74, 6) is 0.747. The van der Waals surface area contributed by atoms with Gasteiger partial charge in [-0.15, -0.1) is 22.7 Å². The minimum atomic E-state index is 0.747. The number of hydrogen-bond donors (Lipinski definition) is 0. The summed E-state index contributed by atoms with van der Waals surface area (Å²) in [4.78, 5) is 12.0. The molecule has 0 unspecified atom stereocenters. The summed E-state index contributed by atoms with van der Waals surface area (Å²) < 4.78 is 6.16. The molecule has 5 heteroatoms. The fourth-order valence-corrected chi connectivity index (χ4v) is 9.41. The van der Waals surface area contributed by atoms with Crippen molar-refractivity contribution < 1.29 is 0 Å². The third-order valence-electron chi connectivity index (χ3n) is 9.07. The van der Waals surface area contributed by atoms with Crippen LogP contribution in [0.4, 0.5) is 0 Å². The minimum absolute atomic E-state index is 0.747. The molecule has 0 atom stereocenters. The molecule has 4 heterocycles. The molecule has 3 nitrogen and oxygen atoms in total. The van der Waals surface area contributed by atoms with E-state index in [4.69, 9.17) is 9.97 Å². The molecule has 0 amide bonds. The molecule has 0 spiro atoms. The standard InChI is InChI=1S/C40H25N3S2/c1-2-12-24(13-3-1)40-41-37(39-38(42-40)28-17-7-11-21-35(28)45-39)27-16-5-9-19-32(27)43-31-18-8-4-14-25(31)29-23-36-30(22-33(29)43)26-15-6-10-20-34(26)44-36/h1-9,11-19,21-23H,10,20H2. The van der Waals surface area contributed by atoms with E-state index < -0.39 is 0 Å². The van der Waals surface area contributed by atoms with Gasteiger partial charge in [-0.05, 0) is 48.7 Å². The normalized spacial score (nSPS) is 13.1. The van der Waals surface area contributed by atoms with Crippen LogP contribution in [-0.4, -0.2) is 14.5 Å². The largest absolute Gasteiger partial charge is 0.309 e. The van der Waals surface area contributed by atoms with Crippen molar-refractivity contribution in [2.75, 3.05) is 0 Å². The molecular weight excluding hydrogens is 587 g/mol. The number of aryl methyl sites for hydroxylation is 1. The molecule has 1 aliphatic rings. The molecule has 0 fully saturated rings. The third kappa shape index (κ3) is 3.75. The lowest BCUT2D eigenvalue weighted by atomic mass is 10.0. The van der Waals surface area contributed by atoms with Gasteiger partial charge in [0.15, 0.2) is 5.82 Å². The molecule has 45 heavy (non-hydrogen) atoms. The van der Waals surface area contributed by atoms with Crippen molar-refractivity contribution in [1.29, 1.82) is 0 Å². The van der Waals surface area contributed by atoms with Gasteiger partial charge >= 0.3 is 0 Å². The number of nitrogens with zero attached hydrogens (tertiary/aromatic N) is 3. The van der Waals surface area contributed by atoms with Crippen LogP contribution in [0.5, 0.6) is 0 Å². The average Bonchev–Trinajstić information content (AvgIpc) is 3.76. The van der Waals surface area contributed by atoms with Crippen LogP contribution in [0.15, 0.2) is 121 Å². The lowest BCUT2D eigenvalue weighted by molar-refractivity contribution is 1.02. The van der Waals surface area contributed by atoms with E-state index in [2.05, 4.69) is 126 Å². The number of fused-ring (bicyclic) bond motifs is 9. The lowest BCUT2D eigenvalue weighted by Gasteiger charge is -2.15. The van der Waals surface area contributed by atoms with E-state index in [-0.39, 0.29) is 0 Å². The van der Waals surface area contributed by atoms with Crippen LogP contribution in [-0.2, 0) is 6.42 Å². The summed E-state index contributed by atoms with van der Waals surface area (Å²) in [6, 6.07) is 41.3. The number of thiophene rings is 2. The molecule has 212 valence electrons. The van der Waals surface area contributed by atoms with Gasteiger partial charge in [0.2, 0.25) is 0 Å². The summed E-state index contributed by atoms with van der Waals surface area (Å²) in [5, 5.41) is 5.08. The zero-order valence-electron chi connectivity index (χ0n) is 24.2. The van der Waals surface area contributed by atoms with Crippen molar-refractivity contribution in [2.45, 2.75) is 12.8 Å². The number of para-hydroxylation sites is 2. The first-order valence-corrected chi connectivity index (χ1v) is 16.9. The van der Waals surface area contributed by atoms with Crippen LogP contribution in [0, 0.1) is 0 Å². The van der Waals surface area contributed by atoms with Crippen LogP contribution in [0.1, 0.15) is 16.9 Å². The van der Waals surface area contributed by atoms with E-state index in [0.29, 0.717) is 0 Å². The van der Waals surface area contributed by atoms with Crippen molar-refractivity contribution in [3.8, 4) is 28.3 Å². The topological polar surface area (TPSA) is 30.7 Å². The minimum Gasteiger partial charge on any atom is -0.309 e. The third-order valence-corrected chi connectivity index (χ3v) is 11.5. The quantitative estimate of drug-likeness (QED) is 0.199. The Labute approximate surface area is 267 Å². The maximum absolute atomic E-state index is 5.35. The van der Waals surface area contributed by atoms with Gasteiger partial charge in [0, 0.05) is 46.9 Å². The smallest absolute Gasteiger partial charge is 0.160 e. The number of rotatable bonds is 3. The number of benzene rings is 5. The Hall–Kier alpha value is -5.10. The van der Waals surface area contributed by atoms with Crippen molar-refractivity contribution in [3.05, 3.63) is 132 Å². The van der Waals surface area contributed by atoms with Gasteiger partial charge < -0.3 is 4.57 Å². The van der Waals surface area contributed by atoms with E-state index in [1.165, 1.54) is 52.4 Å². The highest BCUT2D eigenvalue weighted by molar-refractivity contribution is 7.26. The Morgan fingerprint density at radius 3 is 2.36 bits per heavy atom. The van der Waals surface area contributed by atoms with E-state index >= 15 is 0 Å². The number of allylic oxidation sites excluding steroid dienone is 1. The highest BCUT2D eigenvalue weighted by Gasteiger charge is 2.22. The maximum Gasteiger partial charge on any atom is 0.160 e. The van der Waals surface area contributed by atoms with Crippen LogP contribution in [0.3, 0.4) is 0 Å². The highest BCUT2D eigenvalue weighted by Crippen LogP contribution is 2.44. The van der Waals surface area contributed by atoms with Crippen molar-refractivity contribution >= 4 is 80.9 Å². The van der Waals surface area contributed by atoms with Gasteiger partial charge in [0.05, 0.1) is 32.6 Å². The molecule has 0 radical (unpaired) electrons. The molecule has 5 aromatic carbocycles. The highest BCUT2D eigenvalue weighted by atomic mass is 32.1. The first kappa shape index (κ1) is 25.2. The lowest BCUT2D eigenvalue weighted by Crippen LogP contribution is -2.00. The zero-order valence-corrected chi connectivity index (χ0v) is 25.8. The first-order chi connectivity index (χ1) is 22.3. The summed E-state index contributed by atoms with van der Waals surface area (Å²) >= 11 is 3.73. The molecule has 10 rings (SSSR count). The predicted molar refractivity (Wildman–Crippen MR) is 193 cm³/mol. The monoisotopic (exact) mass is 611 g/mol. The van der Waals surface area contributed by atoms with E-state index in [0.717, 1.165) is 51.4 Å². The van der Waals surface area contributed by atoms with Crippen LogP contribution in [0.2, 0.25) is 0 Å². The average molecular weight is 612 g/mol. The van der Waals surface area contributed by atoms with Gasteiger partial charge in [-0.3, -0.25) is 0 Å². The zero-order chi connectivity index (χ0) is 29.5. The molecule has 0 saturated heterocycles. The van der Waals surface area contributed by atoms with Crippen LogP contribution in [0.25, 0.3) is 86.6 Å². The molecule has 4 aromatic heterocycles. The second kappa shape index (κ2) is 9.70. The van der Waals surface area contributed by atoms with Gasteiger partial charge in [-0.2, -0.15) is 0 Å². The van der Waals surface area contributed by atoms with Crippen molar-refractivity contribution in [2.24, 2.45) is 0 Å². The Balaban J connectivity index is 1.32. The Bertz CT molecular complexity index is 2650. The summed E-state index contributed by atoms with van der Waals surface area (Å²) in [6.07, 6.45) is 6.90. The summed E-state index contributed by atoms with van der Waals surface area (Å²) in [5.41, 5.74) is 9.04. The van der Waals surface area contributed by atoms with E-state index in [1.54, 1.807) is 11.3 Å². The second-order valence-corrected chi connectivity index (χ2v) is 13.8. The number of hydrogen-bond acceptors (Lipinski definition) is 4. The van der Waals surface area contributed by atoms with Gasteiger partial charge in [0.1, 0.15) is 0 Å². The predicted octanol–water partition coefficient (Wildman–Crippen LogP) is 11.4. The van der Waals surface area contributed by atoms with E-state index in [9.17, 15) is 0 Å². The SMILES string of the molecule is C1=Cc2c(sc3cc4c5ccccc5n(-c5ccccc5-c5nc(-c6ccccc6)nc6c5sc5ccccc56)c4cc23)CC1. The van der Waals surface area contributed by atoms with Gasteiger partial charge in [0.25, 0.3) is 0 Å². The Morgan fingerprint density at radius 2 is 1.42 bits per heavy atom. The van der Waals surface area contributed by atoms with Gasteiger partial charge in [-0.25, -0.2) is 9.97 Å². The fourth-order valence-electron chi connectivity index (χ4n) is 7.03. The van der Waals surface area contributed by atoms with Crippen LogP contribution >= 0.6 is 22.7 Å². The van der Waals surface area contributed by atoms with E-state index in [1.807, 2.05) is 17.4 Å². The summed E-state index contributed by atoms with van der Waals surface area (Å²) in [7, 11) is 0. The Morgan fingerprint density at radius 1 is 0.622 bits per heavy atom. The second-order valence-electron chi connectivity index (χ2n) is 11.7. The molecule has 1 aliphatic carbocycles. The molecular formula is C40H25N3S2. The van der Waals surface area contributed by atoms with Gasteiger partial charge in [-0.1, -0.05) is 97.1 Å².